The summed E-state index contributed by atoms with van der Waals surface area (Å²) in [5.41, 5.74) is 3.50. The van der Waals surface area contributed by atoms with E-state index in [1.54, 1.807) is 0 Å². The molecule has 0 aromatic heterocycles. The summed E-state index contributed by atoms with van der Waals surface area (Å²) >= 11 is 0. The van der Waals surface area contributed by atoms with E-state index in [0.29, 0.717) is 18.5 Å². The van der Waals surface area contributed by atoms with E-state index in [9.17, 15) is 9.59 Å². The Kier molecular flexibility index (Phi) is 4.56. The lowest BCUT2D eigenvalue weighted by atomic mass is 10.0. The number of anilines is 1. The van der Waals surface area contributed by atoms with Gasteiger partial charge in [0.25, 0.3) is 5.91 Å². The van der Waals surface area contributed by atoms with Crippen LogP contribution in [-0.2, 0) is 6.42 Å². The van der Waals surface area contributed by atoms with Gasteiger partial charge in [0.15, 0.2) is 5.78 Å². The normalized spacial score (nSPS) is 13.0. The Hall–Kier alpha value is -2.42. The molecule has 0 aliphatic carbocycles. The van der Waals surface area contributed by atoms with Crippen LogP contribution in [0.3, 0.4) is 0 Å². The largest absolute Gasteiger partial charge is 0.308 e. The molecule has 1 heterocycles. The SMILES string of the molecule is CCCCC(=O)c1ccc2c(c1)CCN2C(=O)c1ccccc1. The third-order valence-corrected chi connectivity index (χ3v) is 4.32. The van der Waals surface area contributed by atoms with Crippen molar-refractivity contribution in [3.8, 4) is 0 Å². The predicted molar refractivity (Wildman–Crippen MR) is 92.1 cm³/mol. The van der Waals surface area contributed by atoms with E-state index in [1.807, 2.05) is 53.4 Å². The zero-order chi connectivity index (χ0) is 16.2. The quantitative estimate of drug-likeness (QED) is 0.774. The molecule has 0 atom stereocenters. The van der Waals surface area contributed by atoms with Crippen LogP contribution in [0, 0.1) is 0 Å². The highest BCUT2D eigenvalue weighted by molar-refractivity contribution is 6.07. The molecule has 0 bridgehead atoms. The van der Waals surface area contributed by atoms with Crippen LogP contribution in [0.1, 0.15) is 52.5 Å². The maximum absolute atomic E-state index is 12.6. The van der Waals surface area contributed by atoms with Gasteiger partial charge in [-0.15, -0.1) is 0 Å². The fourth-order valence-electron chi connectivity index (χ4n) is 3.00. The number of Topliss-reactive ketones (excluding diaryl/α,β-unsaturated/α-hetero) is 1. The highest BCUT2D eigenvalue weighted by Gasteiger charge is 2.26. The molecule has 1 aliphatic heterocycles. The number of rotatable bonds is 5. The summed E-state index contributed by atoms with van der Waals surface area (Å²) < 4.78 is 0. The van der Waals surface area contributed by atoms with Gasteiger partial charge in [-0.05, 0) is 48.7 Å². The van der Waals surface area contributed by atoms with Crippen LogP contribution in [0.15, 0.2) is 48.5 Å². The number of nitrogens with zero attached hydrogens (tertiary/aromatic N) is 1. The fourth-order valence-corrected chi connectivity index (χ4v) is 3.00. The predicted octanol–water partition coefficient (Wildman–Crippen LogP) is 4.26. The first-order valence-electron chi connectivity index (χ1n) is 8.23. The van der Waals surface area contributed by atoms with Gasteiger partial charge >= 0.3 is 0 Å². The number of hydrogen-bond acceptors (Lipinski definition) is 2. The summed E-state index contributed by atoms with van der Waals surface area (Å²) in [4.78, 5) is 26.6. The van der Waals surface area contributed by atoms with Crippen LogP contribution in [0.4, 0.5) is 5.69 Å². The minimum Gasteiger partial charge on any atom is -0.308 e. The van der Waals surface area contributed by atoms with Gasteiger partial charge in [-0.3, -0.25) is 9.59 Å². The van der Waals surface area contributed by atoms with Crippen molar-refractivity contribution in [3.05, 3.63) is 65.2 Å². The van der Waals surface area contributed by atoms with E-state index in [0.717, 1.165) is 36.1 Å². The van der Waals surface area contributed by atoms with Gasteiger partial charge < -0.3 is 4.90 Å². The average molecular weight is 307 g/mol. The number of ketones is 1. The average Bonchev–Trinajstić information content (AvgIpc) is 3.02. The summed E-state index contributed by atoms with van der Waals surface area (Å²) in [6.07, 6.45) is 3.36. The lowest BCUT2D eigenvalue weighted by Crippen LogP contribution is -2.28. The van der Waals surface area contributed by atoms with Crippen LogP contribution in [0.2, 0.25) is 0 Å². The molecule has 1 amide bonds. The first kappa shape index (κ1) is 15.5. The molecule has 0 N–H and O–H groups in total. The van der Waals surface area contributed by atoms with Crippen molar-refractivity contribution in [1.29, 1.82) is 0 Å². The molecule has 3 nitrogen and oxygen atoms in total. The standard InChI is InChI=1S/C20H21NO2/c1-2-3-9-19(22)17-10-11-18-16(14-17)12-13-21(18)20(23)15-7-5-4-6-8-15/h4-8,10-11,14H,2-3,9,12-13H2,1H3. The number of amides is 1. The summed E-state index contributed by atoms with van der Waals surface area (Å²) in [6.45, 7) is 2.76. The molecule has 3 heteroatoms. The Morgan fingerprint density at radius 2 is 1.83 bits per heavy atom. The third-order valence-electron chi connectivity index (χ3n) is 4.32. The lowest BCUT2D eigenvalue weighted by molar-refractivity contribution is 0.0976. The number of unbranched alkanes of at least 4 members (excludes halogenated alkanes) is 1. The van der Waals surface area contributed by atoms with Gasteiger partial charge in [0, 0.05) is 29.8 Å². The third kappa shape index (κ3) is 3.19. The van der Waals surface area contributed by atoms with Crippen molar-refractivity contribution in [2.75, 3.05) is 11.4 Å². The zero-order valence-corrected chi connectivity index (χ0v) is 13.4. The summed E-state index contributed by atoms with van der Waals surface area (Å²) in [5, 5.41) is 0. The first-order chi connectivity index (χ1) is 11.2. The van der Waals surface area contributed by atoms with E-state index in [4.69, 9.17) is 0 Å². The molecule has 0 spiro atoms. The molecule has 118 valence electrons. The molecule has 2 aromatic carbocycles. The Morgan fingerprint density at radius 1 is 1.04 bits per heavy atom. The second-order valence-corrected chi connectivity index (χ2v) is 5.94. The molecule has 1 aliphatic rings. The highest BCUT2D eigenvalue weighted by Crippen LogP contribution is 2.30. The van der Waals surface area contributed by atoms with Crippen molar-refractivity contribution in [2.24, 2.45) is 0 Å². The number of carbonyl (C=O) groups is 2. The van der Waals surface area contributed by atoms with E-state index in [-0.39, 0.29) is 11.7 Å². The summed E-state index contributed by atoms with van der Waals surface area (Å²) in [7, 11) is 0. The minimum atomic E-state index is 0.0226. The Labute approximate surface area is 136 Å². The topological polar surface area (TPSA) is 37.4 Å². The Morgan fingerprint density at radius 3 is 2.57 bits per heavy atom. The fraction of sp³-hybridized carbons (Fsp3) is 0.300. The van der Waals surface area contributed by atoms with Crippen LogP contribution >= 0.6 is 0 Å². The summed E-state index contributed by atoms with van der Waals surface area (Å²) in [5.74, 6) is 0.219. The number of carbonyl (C=O) groups excluding carboxylic acids is 2. The molecule has 0 fully saturated rings. The Bertz CT molecular complexity index is 722. The molecule has 2 aromatic rings. The van der Waals surface area contributed by atoms with E-state index < -0.39 is 0 Å². The molecule has 0 unspecified atom stereocenters. The lowest BCUT2D eigenvalue weighted by Gasteiger charge is -2.17. The van der Waals surface area contributed by atoms with Crippen molar-refractivity contribution in [2.45, 2.75) is 32.6 Å². The van der Waals surface area contributed by atoms with Crippen LogP contribution in [-0.4, -0.2) is 18.2 Å². The number of hydrogen-bond donors (Lipinski definition) is 0. The van der Waals surface area contributed by atoms with Gasteiger partial charge in [-0.25, -0.2) is 0 Å². The number of fused-ring (bicyclic) bond motifs is 1. The van der Waals surface area contributed by atoms with Gasteiger partial charge in [-0.2, -0.15) is 0 Å². The molecule has 0 saturated carbocycles. The van der Waals surface area contributed by atoms with Gasteiger partial charge in [0.1, 0.15) is 0 Å². The van der Waals surface area contributed by atoms with Crippen LogP contribution in [0.5, 0.6) is 0 Å². The second kappa shape index (κ2) is 6.78. The van der Waals surface area contributed by atoms with Crippen molar-refractivity contribution < 1.29 is 9.59 Å². The smallest absolute Gasteiger partial charge is 0.258 e. The van der Waals surface area contributed by atoms with Crippen molar-refractivity contribution in [1.82, 2.24) is 0 Å². The van der Waals surface area contributed by atoms with Crippen LogP contribution in [0.25, 0.3) is 0 Å². The first-order valence-corrected chi connectivity index (χ1v) is 8.23. The zero-order valence-electron chi connectivity index (χ0n) is 13.4. The minimum absolute atomic E-state index is 0.0226. The van der Waals surface area contributed by atoms with E-state index in [1.165, 1.54) is 0 Å². The molecule has 0 radical (unpaired) electrons. The summed E-state index contributed by atoms with van der Waals surface area (Å²) in [6, 6.07) is 15.1. The Balaban J connectivity index is 1.81. The maximum atomic E-state index is 12.6. The molecular formula is C20H21NO2. The van der Waals surface area contributed by atoms with Gasteiger partial charge in [0.05, 0.1) is 0 Å². The molecular weight excluding hydrogens is 286 g/mol. The van der Waals surface area contributed by atoms with Crippen molar-refractivity contribution >= 4 is 17.4 Å². The second-order valence-electron chi connectivity index (χ2n) is 5.94. The van der Waals surface area contributed by atoms with Crippen LogP contribution < -0.4 is 4.90 Å². The van der Waals surface area contributed by atoms with Gasteiger partial charge in [-0.1, -0.05) is 31.5 Å². The van der Waals surface area contributed by atoms with E-state index >= 15 is 0 Å². The molecule has 0 saturated heterocycles. The van der Waals surface area contributed by atoms with Gasteiger partial charge in [0.2, 0.25) is 0 Å². The molecule has 3 rings (SSSR count). The molecule has 23 heavy (non-hydrogen) atoms. The number of benzene rings is 2. The maximum Gasteiger partial charge on any atom is 0.258 e. The van der Waals surface area contributed by atoms with Crippen molar-refractivity contribution in [3.63, 3.8) is 0 Å². The highest BCUT2D eigenvalue weighted by atomic mass is 16.2. The van der Waals surface area contributed by atoms with E-state index in [2.05, 4.69) is 6.92 Å². The monoisotopic (exact) mass is 307 g/mol.